The van der Waals surface area contributed by atoms with Crippen molar-refractivity contribution in [3.05, 3.63) is 21.9 Å². The molecule has 1 aliphatic rings. The lowest BCUT2D eigenvalue weighted by molar-refractivity contribution is -0.186. The van der Waals surface area contributed by atoms with Gasteiger partial charge in [0.15, 0.2) is 6.29 Å². The largest absolute Gasteiger partial charge is 0.391 e. The molecular weight excluding hydrogens is 224 g/mol. The molecule has 2 rings (SSSR count). The number of hydrogen-bond acceptors (Lipinski definition) is 4. The standard InChI is InChI=1S/C12H18O3S/c1-9(10-5-7-16-11(10)8-13)15-12-4-2-3-6-14-12/h5,7,9,12-13H,2-4,6,8H2,1H3. The van der Waals surface area contributed by atoms with Crippen molar-refractivity contribution in [1.82, 2.24) is 0 Å². The molecule has 3 nitrogen and oxygen atoms in total. The Kier molecular flexibility index (Phi) is 4.35. The van der Waals surface area contributed by atoms with Gasteiger partial charge in [-0.2, -0.15) is 0 Å². The molecule has 4 heteroatoms. The Labute approximate surface area is 100 Å². The van der Waals surface area contributed by atoms with Crippen LogP contribution < -0.4 is 0 Å². The van der Waals surface area contributed by atoms with Crippen molar-refractivity contribution >= 4 is 11.3 Å². The molecule has 0 aliphatic carbocycles. The summed E-state index contributed by atoms with van der Waals surface area (Å²) in [6.07, 6.45) is 3.21. The van der Waals surface area contributed by atoms with Gasteiger partial charge in [-0.25, -0.2) is 0 Å². The van der Waals surface area contributed by atoms with E-state index >= 15 is 0 Å². The number of ether oxygens (including phenoxy) is 2. The summed E-state index contributed by atoms with van der Waals surface area (Å²) in [6.45, 7) is 2.90. The van der Waals surface area contributed by atoms with Gasteiger partial charge in [-0.05, 0) is 43.2 Å². The Morgan fingerprint density at radius 1 is 1.62 bits per heavy atom. The average molecular weight is 242 g/mol. The first-order valence-electron chi connectivity index (χ1n) is 5.75. The summed E-state index contributed by atoms with van der Waals surface area (Å²) >= 11 is 1.57. The second kappa shape index (κ2) is 5.77. The summed E-state index contributed by atoms with van der Waals surface area (Å²) < 4.78 is 11.4. The highest BCUT2D eigenvalue weighted by molar-refractivity contribution is 7.10. The zero-order valence-electron chi connectivity index (χ0n) is 9.52. The molecule has 1 aromatic rings. The second-order valence-electron chi connectivity index (χ2n) is 4.03. The molecule has 0 saturated carbocycles. The quantitative estimate of drug-likeness (QED) is 0.882. The first-order chi connectivity index (χ1) is 7.81. The third-order valence-corrected chi connectivity index (χ3v) is 3.78. The molecule has 1 N–H and O–H groups in total. The summed E-state index contributed by atoms with van der Waals surface area (Å²) in [5, 5.41) is 11.2. The maximum atomic E-state index is 9.19. The van der Waals surface area contributed by atoms with Crippen LogP contribution in [0.3, 0.4) is 0 Å². The molecule has 0 amide bonds. The molecule has 2 unspecified atom stereocenters. The number of aliphatic hydroxyl groups excluding tert-OH is 1. The van der Waals surface area contributed by atoms with Crippen LogP contribution in [-0.4, -0.2) is 18.0 Å². The highest BCUT2D eigenvalue weighted by Crippen LogP contribution is 2.28. The van der Waals surface area contributed by atoms with Crippen LogP contribution in [0.2, 0.25) is 0 Å². The maximum Gasteiger partial charge on any atom is 0.158 e. The van der Waals surface area contributed by atoms with Gasteiger partial charge in [0.05, 0.1) is 12.7 Å². The summed E-state index contributed by atoms with van der Waals surface area (Å²) in [5.41, 5.74) is 1.08. The van der Waals surface area contributed by atoms with E-state index in [9.17, 15) is 5.11 Å². The van der Waals surface area contributed by atoms with E-state index in [1.54, 1.807) is 11.3 Å². The molecule has 16 heavy (non-hydrogen) atoms. The summed E-state index contributed by atoms with van der Waals surface area (Å²) in [4.78, 5) is 0.989. The van der Waals surface area contributed by atoms with Gasteiger partial charge in [0.2, 0.25) is 0 Å². The van der Waals surface area contributed by atoms with E-state index in [4.69, 9.17) is 9.47 Å². The zero-order chi connectivity index (χ0) is 11.4. The minimum absolute atomic E-state index is 0.00324. The van der Waals surface area contributed by atoms with Gasteiger partial charge in [-0.3, -0.25) is 0 Å². The van der Waals surface area contributed by atoms with E-state index in [1.165, 1.54) is 6.42 Å². The van der Waals surface area contributed by atoms with Gasteiger partial charge < -0.3 is 14.6 Å². The van der Waals surface area contributed by atoms with Gasteiger partial charge >= 0.3 is 0 Å². The monoisotopic (exact) mass is 242 g/mol. The minimum Gasteiger partial charge on any atom is -0.391 e. The van der Waals surface area contributed by atoms with E-state index in [0.717, 1.165) is 29.9 Å². The van der Waals surface area contributed by atoms with Crippen molar-refractivity contribution in [3.63, 3.8) is 0 Å². The average Bonchev–Trinajstić information content (AvgIpc) is 2.78. The smallest absolute Gasteiger partial charge is 0.158 e. The fourth-order valence-corrected chi connectivity index (χ4v) is 2.78. The number of hydrogen-bond donors (Lipinski definition) is 1. The molecule has 1 aromatic heterocycles. The third-order valence-electron chi connectivity index (χ3n) is 2.86. The van der Waals surface area contributed by atoms with Gasteiger partial charge in [-0.15, -0.1) is 11.3 Å². The van der Waals surface area contributed by atoms with Crippen LogP contribution in [0.1, 0.15) is 42.7 Å². The van der Waals surface area contributed by atoms with Crippen LogP contribution in [0.4, 0.5) is 0 Å². The number of rotatable bonds is 4. The zero-order valence-corrected chi connectivity index (χ0v) is 10.3. The second-order valence-corrected chi connectivity index (χ2v) is 5.03. The van der Waals surface area contributed by atoms with Crippen LogP contribution in [0.5, 0.6) is 0 Å². The van der Waals surface area contributed by atoms with Crippen molar-refractivity contribution in [2.45, 2.75) is 45.2 Å². The first kappa shape index (κ1) is 12.0. The molecule has 0 spiro atoms. The van der Waals surface area contributed by atoms with Crippen molar-refractivity contribution in [2.24, 2.45) is 0 Å². The lowest BCUT2D eigenvalue weighted by atomic mass is 10.1. The van der Waals surface area contributed by atoms with E-state index in [-0.39, 0.29) is 19.0 Å². The Hall–Kier alpha value is -0.420. The molecule has 0 bridgehead atoms. The normalized spacial score (nSPS) is 23.2. The topological polar surface area (TPSA) is 38.7 Å². The van der Waals surface area contributed by atoms with Crippen LogP contribution in [0, 0.1) is 0 Å². The highest BCUT2D eigenvalue weighted by Gasteiger charge is 2.20. The predicted molar refractivity (Wildman–Crippen MR) is 63.3 cm³/mol. The van der Waals surface area contributed by atoms with Crippen molar-refractivity contribution in [3.8, 4) is 0 Å². The molecule has 0 aromatic carbocycles. The highest BCUT2D eigenvalue weighted by atomic mass is 32.1. The predicted octanol–water partition coefficient (Wildman–Crippen LogP) is 2.84. The van der Waals surface area contributed by atoms with Crippen LogP contribution >= 0.6 is 11.3 Å². The van der Waals surface area contributed by atoms with Crippen LogP contribution in [0.25, 0.3) is 0 Å². The van der Waals surface area contributed by atoms with Crippen molar-refractivity contribution in [2.75, 3.05) is 6.61 Å². The molecule has 1 fully saturated rings. The molecule has 90 valence electrons. The Morgan fingerprint density at radius 2 is 2.50 bits per heavy atom. The number of thiophene rings is 1. The third kappa shape index (κ3) is 2.83. The fourth-order valence-electron chi connectivity index (χ4n) is 1.96. The SMILES string of the molecule is CC(OC1CCCCO1)c1ccsc1CO. The molecular formula is C12H18O3S. The van der Waals surface area contributed by atoms with E-state index in [2.05, 4.69) is 0 Å². The van der Waals surface area contributed by atoms with E-state index in [0.29, 0.717) is 0 Å². The summed E-state index contributed by atoms with van der Waals surface area (Å²) in [6, 6.07) is 2.02. The fraction of sp³-hybridized carbons (Fsp3) is 0.667. The van der Waals surface area contributed by atoms with Gasteiger partial charge in [-0.1, -0.05) is 0 Å². The Balaban J connectivity index is 1.93. The lowest BCUT2D eigenvalue weighted by Crippen LogP contribution is -2.23. The van der Waals surface area contributed by atoms with Crippen molar-refractivity contribution < 1.29 is 14.6 Å². The van der Waals surface area contributed by atoms with E-state index in [1.807, 2.05) is 18.4 Å². The van der Waals surface area contributed by atoms with Gasteiger partial charge in [0, 0.05) is 11.5 Å². The Bertz CT molecular complexity index is 318. The summed E-state index contributed by atoms with van der Waals surface area (Å²) in [7, 11) is 0. The van der Waals surface area contributed by atoms with Crippen LogP contribution in [-0.2, 0) is 16.1 Å². The minimum atomic E-state index is -0.0739. The lowest BCUT2D eigenvalue weighted by Gasteiger charge is -2.26. The number of aliphatic hydroxyl groups is 1. The van der Waals surface area contributed by atoms with E-state index < -0.39 is 0 Å². The maximum absolute atomic E-state index is 9.19. The Morgan fingerprint density at radius 3 is 3.19 bits per heavy atom. The van der Waals surface area contributed by atoms with Gasteiger partial charge in [0.1, 0.15) is 0 Å². The van der Waals surface area contributed by atoms with Gasteiger partial charge in [0.25, 0.3) is 0 Å². The summed E-state index contributed by atoms with van der Waals surface area (Å²) in [5.74, 6) is 0. The first-order valence-corrected chi connectivity index (χ1v) is 6.63. The molecule has 2 heterocycles. The molecule has 0 radical (unpaired) electrons. The van der Waals surface area contributed by atoms with Crippen molar-refractivity contribution in [1.29, 1.82) is 0 Å². The molecule has 1 aliphatic heterocycles. The molecule has 1 saturated heterocycles. The van der Waals surface area contributed by atoms with Crippen LogP contribution in [0.15, 0.2) is 11.4 Å². The molecule has 2 atom stereocenters.